The zero-order valence-electron chi connectivity index (χ0n) is 16.3. The molecule has 0 aliphatic heterocycles. The van der Waals surface area contributed by atoms with Gasteiger partial charge in [-0.2, -0.15) is 15.0 Å². The molecule has 4 aromatic rings. The average molecular weight is 448 g/mol. The summed E-state index contributed by atoms with van der Waals surface area (Å²) in [5.74, 6) is 2.53. The van der Waals surface area contributed by atoms with E-state index >= 15 is 0 Å². The molecule has 0 spiro atoms. The quantitative estimate of drug-likeness (QED) is 0.264. The van der Waals surface area contributed by atoms with Gasteiger partial charge in [0.05, 0.1) is 0 Å². The normalized spacial score (nSPS) is 10.8. The summed E-state index contributed by atoms with van der Waals surface area (Å²) in [5.41, 5.74) is 3.79. The molecule has 0 aliphatic rings. The fraction of sp³-hybridized carbons (Fsp3) is 0.125. The van der Waals surface area contributed by atoms with Gasteiger partial charge in [0, 0.05) is 17.3 Å². The third-order valence-corrected chi connectivity index (χ3v) is 6.96. The Morgan fingerprint density at radius 3 is 0.933 bits per heavy atom. The minimum absolute atomic E-state index is 0.778. The van der Waals surface area contributed by atoms with Gasteiger partial charge in [0.25, 0.3) is 0 Å². The molecule has 6 heteroatoms. The summed E-state index contributed by atoms with van der Waals surface area (Å²) in [7, 11) is 0. The summed E-state index contributed by atoms with van der Waals surface area (Å²) in [5, 5.41) is 2.33. The van der Waals surface area contributed by atoms with E-state index in [1.165, 1.54) is 16.7 Å². The standard InChI is InChI=1S/C24H21N3S3/c1-4-10-19(11-5-1)16-28-22-25-23(29-17-20-12-6-2-7-13-20)27-24(26-22)30-18-21-14-8-3-9-15-21/h1-15H,16-18H2. The Labute approximate surface area is 190 Å². The Hall–Kier alpha value is -2.28. The van der Waals surface area contributed by atoms with Crippen LogP contribution in [0.1, 0.15) is 16.7 Å². The third-order valence-electron chi connectivity index (χ3n) is 4.21. The van der Waals surface area contributed by atoms with Crippen LogP contribution in [0.3, 0.4) is 0 Å². The van der Waals surface area contributed by atoms with Crippen molar-refractivity contribution in [2.75, 3.05) is 0 Å². The maximum atomic E-state index is 4.71. The van der Waals surface area contributed by atoms with Gasteiger partial charge >= 0.3 is 0 Å². The van der Waals surface area contributed by atoms with E-state index in [0.717, 1.165) is 32.7 Å². The molecular weight excluding hydrogens is 426 g/mol. The highest BCUT2D eigenvalue weighted by molar-refractivity contribution is 7.99. The molecule has 0 radical (unpaired) electrons. The molecule has 0 fully saturated rings. The highest BCUT2D eigenvalue weighted by Gasteiger charge is 2.10. The van der Waals surface area contributed by atoms with Crippen LogP contribution in [0.2, 0.25) is 0 Å². The summed E-state index contributed by atoms with van der Waals surface area (Å²) >= 11 is 4.97. The first-order valence-corrected chi connectivity index (χ1v) is 12.6. The molecule has 4 rings (SSSR count). The van der Waals surface area contributed by atoms with E-state index < -0.39 is 0 Å². The molecule has 0 unspecified atom stereocenters. The predicted octanol–water partition coefficient (Wildman–Crippen LogP) is 6.75. The van der Waals surface area contributed by atoms with Crippen LogP contribution in [0.25, 0.3) is 0 Å². The van der Waals surface area contributed by atoms with Crippen molar-refractivity contribution in [3.63, 3.8) is 0 Å². The minimum Gasteiger partial charge on any atom is -0.196 e. The van der Waals surface area contributed by atoms with Gasteiger partial charge in [-0.15, -0.1) is 0 Å². The molecule has 0 bridgehead atoms. The fourth-order valence-corrected chi connectivity index (χ4v) is 5.22. The van der Waals surface area contributed by atoms with Crippen LogP contribution in [0.5, 0.6) is 0 Å². The topological polar surface area (TPSA) is 38.7 Å². The van der Waals surface area contributed by atoms with Gasteiger partial charge in [-0.3, -0.25) is 0 Å². The van der Waals surface area contributed by atoms with Gasteiger partial charge in [0.2, 0.25) is 0 Å². The van der Waals surface area contributed by atoms with E-state index in [9.17, 15) is 0 Å². The Bertz CT molecular complexity index is 896. The molecule has 3 nitrogen and oxygen atoms in total. The molecular formula is C24H21N3S3. The number of hydrogen-bond acceptors (Lipinski definition) is 6. The molecule has 1 aromatic heterocycles. The van der Waals surface area contributed by atoms with E-state index in [4.69, 9.17) is 15.0 Å². The zero-order valence-corrected chi connectivity index (χ0v) is 18.8. The van der Waals surface area contributed by atoms with Gasteiger partial charge in [0.1, 0.15) is 0 Å². The fourth-order valence-electron chi connectivity index (χ4n) is 2.68. The number of benzene rings is 3. The molecule has 1 heterocycles. The smallest absolute Gasteiger partial charge is 0.192 e. The maximum Gasteiger partial charge on any atom is 0.192 e. The van der Waals surface area contributed by atoms with E-state index in [0.29, 0.717) is 0 Å². The van der Waals surface area contributed by atoms with Crippen molar-refractivity contribution in [2.24, 2.45) is 0 Å². The summed E-state index contributed by atoms with van der Waals surface area (Å²) < 4.78 is 0. The van der Waals surface area contributed by atoms with Crippen molar-refractivity contribution >= 4 is 35.3 Å². The number of hydrogen-bond donors (Lipinski definition) is 0. The lowest BCUT2D eigenvalue weighted by atomic mass is 10.2. The average Bonchev–Trinajstić information content (AvgIpc) is 2.82. The molecule has 0 aliphatic carbocycles. The van der Waals surface area contributed by atoms with Gasteiger partial charge in [-0.1, -0.05) is 126 Å². The Kier molecular flexibility index (Phi) is 7.83. The summed E-state index contributed by atoms with van der Waals surface area (Å²) in [6.07, 6.45) is 0. The van der Waals surface area contributed by atoms with Crippen LogP contribution >= 0.6 is 35.3 Å². The highest BCUT2D eigenvalue weighted by atomic mass is 32.2. The minimum atomic E-state index is 0.778. The number of rotatable bonds is 9. The Balaban J connectivity index is 1.48. The van der Waals surface area contributed by atoms with Crippen molar-refractivity contribution in [3.8, 4) is 0 Å². The predicted molar refractivity (Wildman–Crippen MR) is 128 cm³/mol. The number of nitrogens with zero attached hydrogens (tertiary/aromatic N) is 3. The monoisotopic (exact) mass is 447 g/mol. The summed E-state index contributed by atoms with van der Waals surface area (Å²) in [4.78, 5) is 14.1. The lowest BCUT2D eigenvalue weighted by molar-refractivity contribution is 0.717. The highest BCUT2D eigenvalue weighted by Crippen LogP contribution is 2.28. The van der Waals surface area contributed by atoms with E-state index in [-0.39, 0.29) is 0 Å². The number of thioether (sulfide) groups is 3. The first-order valence-electron chi connectivity index (χ1n) is 9.61. The van der Waals surface area contributed by atoms with Crippen LogP contribution in [-0.4, -0.2) is 15.0 Å². The largest absolute Gasteiger partial charge is 0.196 e. The second kappa shape index (κ2) is 11.2. The molecule has 3 aromatic carbocycles. The molecule has 30 heavy (non-hydrogen) atoms. The van der Waals surface area contributed by atoms with Crippen LogP contribution in [0, 0.1) is 0 Å². The molecule has 0 N–H and O–H groups in total. The second-order valence-corrected chi connectivity index (χ2v) is 9.33. The number of aromatic nitrogens is 3. The SMILES string of the molecule is c1ccc(CSc2nc(SCc3ccccc3)nc(SCc3ccccc3)n2)cc1. The molecule has 0 saturated heterocycles. The van der Waals surface area contributed by atoms with Crippen LogP contribution < -0.4 is 0 Å². The van der Waals surface area contributed by atoms with Crippen LogP contribution in [-0.2, 0) is 17.3 Å². The Morgan fingerprint density at radius 2 is 0.667 bits per heavy atom. The Morgan fingerprint density at radius 1 is 0.400 bits per heavy atom. The molecule has 0 saturated carbocycles. The van der Waals surface area contributed by atoms with E-state index in [2.05, 4.69) is 72.8 Å². The first kappa shape index (κ1) is 21.0. The lowest BCUT2D eigenvalue weighted by Crippen LogP contribution is -1.98. The molecule has 0 amide bonds. The van der Waals surface area contributed by atoms with E-state index in [1.54, 1.807) is 35.3 Å². The zero-order chi connectivity index (χ0) is 20.4. The van der Waals surface area contributed by atoms with Crippen LogP contribution in [0.15, 0.2) is 106 Å². The van der Waals surface area contributed by atoms with Crippen molar-refractivity contribution in [1.82, 2.24) is 15.0 Å². The van der Waals surface area contributed by atoms with Crippen molar-refractivity contribution < 1.29 is 0 Å². The molecule has 0 atom stereocenters. The van der Waals surface area contributed by atoms with Gasteiger partial charge < -0.3 is 0 Å². The van der Waals surface area contributed by atoms with E-state index in [1.807, 2.05) is 18.2 Å². The van der Waals surface area contributed by atoms with Crippen molar-refractivity contribution in [2.45, 2.75) is 32.7 Å². The third kappa shape index (κ3) is 6.62. The van der Waals surface area contributed by atoms with Gasteiger partial charge in [0.15, 0.2) is 15.5 Å². The van der Waals surface area contributed by atoms with Crippen LogP contribution in [0.4, 0.5) is 0 Å². The summed E-state index contributed by atoms with van der Waals surface area (Å²) in [6.45, 7) is 0. The van der Waals surface area contributed by atoms with Crippen molar-refractivity contribution in [1.29, 1.82) is 0 Å². The second-order valence-electron chi connectivity index (χ2n) is 6.51. The van der Waals surface area contributed by atoms with Gasteiger partial charge in [-0.05, 0) is 16.7 Å². The lowest BCUT2D eigenvalue weighted by Gasteiger charge is -2.07. The van der Waals surface area contributed by atoms with Crippen molar-refractivity contribution in [3.05, 3.63) is 108 Å². The first-order chi connectivity index (χ1) is 14.8. The maximum absolute atomic E-state index is 4.71. The molecule has 150 valence electrons. The summed E-state index contributed by atoms with van der Waals surface area (Å²) in [6, 6.07) is 31.2. The van der Waals surface area contributed by atoms with Gasteiger partial charge in [-0.25, -0.2) is 0 Å².